The molecule has 6 heteroatoms. The van der Waals surface area contributed by atoms with Gasteiger partial charge in [0.05, 0.1) is 6.04 Å². The van der Waals surface area contributed by atoms with Gasteiger partial charge in [-0.15, -0.1) is 0 Å². The molecule has 1 saturated carbocycles. The molecule has 0 aromatic heterocycles. The van der Waals surface area contributed by atoms with E-state index in [1.807, 2.05) is 42.1 Å². The molecule has 1 aliphatic carbocycles. The number of morpholine rings is 1. The molecule has 2 unspecified atom stereocenters. The fourth-order valence-corrected chi connectivity index (χ4v) is 5.07. The van der Waals surface area contributed by atoms with Crippen molar-refractivity contribution in [3.63, 3.8) is 0 Å². The number of unbranched alkanes of at least 4 members (excludes halogenated alkanes) is 1. The molecule has 2 amide bonds. The van der Waals surface area contributed by atoms with Gasteiger partial charge in [-0.1, -0.05) is 50.1 Å². The van der Waals surface area contributed by atoms with Gasteiger partial charge in [0, 0.05) is 6.54 Å². The van der Waals surface area contributed by atoms with E-state index in [0.717, 1.165) is 43.4 Å². The van der Waals surface area contributed by atoms with Crippen molar-refractivity contribution in [3.8, 4) is 0 Å². The van der Waals surface area contributed by atoms with E-state index >= 15 is 0 Å². The number of hydrogen-bond donors (Lipinski definition) is 1. The van der Waals surface area contributed by atoms with Crippen molar-refractivity contribution in [1.29, 1.82) is 0 Å². The fourth-order valence-electron chi connectivity index (χ4n) is 4.02. The van der Waals surface area contributed by atoms with Crippen molar-refractivity contribution >= 4 is 29.7 Å². The molecule has 1 N–H and O–H groups in total. The first-order valence-electron chi connectivity index (χ1n) is 11.3. The van der Waals surface area contributed by atoms with Gasteiger partial charge in [-0.05, 0) is 55.2 Å². The number of nitrogens with one attached hydrogen (secondary N) is 1. The molecule has 2 fully saturated rings. The maximum absolute atomic E-state index is 13.1. The second kappa shape index (κ2) is 12.0. The highest BCUT2D eigenvalue weighted by molar-refractivity contribution is 7.99. The third-order valence-electron chi connectivity index (χ3n) is 5.66. The maximum atomic E-state index is 13.1. The molecule has 1 saturated heterocycles. The van der Waals surface area contributed by atoms with Crippen LogP contribution in [0.5, 0.6) is 0 Å². The molecule has 2 aliphatic rings. The van der Waals surface area contributed by atoms with E-state index in [2.05, 4.69) is 12.2 Å². The maximum Gasteiger partial charge on any atom is 0.289 e. The smallest absolute Gasteiger partial charge is 0.289 e. The van der Waals surface area contributed by atoms with Gasteiger partial charge in [0.25, 0.3) is 5.91 Å². The summed E-state index contributed by atoms with van der Waals surface area (Å²) in [5.41, 5.74) is 0.931. The quantitative estimate of drug-likeness (QED) is 0.446. The van der Waals surface area contributed by atoms with Crippen molar-refractivity contribution in [2.45, 2.75) is 64.0 Å². The van der Waals surface area contributed by atoms with E-state index in [-0.39, 0.29) is 30.5 Å². The Bertz CT molecular complexity index is 722. The highest BCUT2D eigenvalue weighted by Gasteiger charge is 2.42. The van der Waals surface area contributed by atoms with Crippen molar-refractivity contribution < 1.29 is 14.3 Å². The van der Waals surface area contributed by atoms with Crippen LogP contribution in [-0.4, -0.2) is 53.5 Å². The number of fused-ring (bicyclic) bond motifs is 1. The molecule has 30 heavy (non-hydrogen) atoms. The van der Waals surface area contributed by atoms with Crippen LogP contribution in [-0.2, 0) is 14.3 Å². The number of hydrogen-bond acceptors (Lipinski definition) is 4. The molecule has 1 aliphatic heterocycles. The third kappa shape index (κ3) is 6.53. The summed E-state index contributed by atoms with van der Waals surface area (Å²) in [5, 5.41) is 3.00. The average molecular weight is 431 g/mol. The molecule has 1 aromatic rings. The van der Waals surface area contributed by atoms with Crippen molar-refractivity contribution in [3.05, 3.63) is 41.7 Å². The third-order valence-corrected chi connectivity index (χ3v) is 6.81. The molecule has 0 radical (unpaired) electrons. The van der Waals surface area contributed by atoms with E-state index < -0.39 is 0 Å². The number of rotatable bonds is 10. The van der Waals surface area contributed by atoms with Crippen LogP contribution >= 0.6 is 11.8 Å². The Kier molecular flexibility index (Phi) is 9.12. The van der Waals surface area contributed by atoms with Crippen molar-refractivity contribution in [1.82, 2.24) is 10.2 Å². The summed E-state index contributed by atoms with van der Waals surface area (Å²) >= 11 is 1.94. The minimum absolute atomic E-state index is 0.00507. The largest absolute Gasteiger partial charge is 0.482 e. The zero-order chi connectivity index (χ0) is 21.2. The van der Waals surface area contributed by atoms with Crippen LogP contribution in [0.25, 0.3) is 6.08 Å². The number of nitrogens with zero attached hydrogens (tertiary/aromatic N) is 1. The first kappa shape index (κ1) is 22.7. The van der Waals surface area contributed by atoms with Gasteiger partial charge in [-0.25, -0.2) is 0 Å². The van der Waals surface area contributed by atoms with Crippen LogP contribution in [0, 0.1) is 0 Å². The van der Waals surface area contributed by atoms with Gasteiger partial charge >= 0.3 is 0 Å². The van der Waals surface area contributed by atoms with Gasteiger partial charge < -0.3 is 15.0 Å². The molecular formula is C24H34N2O3S. The van der Waals surface area contributed by atoms with Gasteiger partial charge in [0.1, 0.15) is 12.6 Å². The molecule has 3 rings (SSSR count). The lowest BCUT2D eigenvalue weighted by Gasteiger charge is -2.44. The van der Waals surface area contributed by atoms with Crippen LogP contribution in [0.4, 0.5) is 0 Å². The number of benzene rings is 1. The van der Waals surface area contributed by atoms with Crippen LogP contribution < -0.4 is 5.32 Å². The number of thioether (sulfide) groups is 1. The number of carbonyl (C=O) groups excluding carboxylic acids is 2. The zero-order valence-corrected chi connectivity index (χ0v) is 18.8. The minimum Gasteiger partial charge on any atom is -0.482 e. The zero-order valence-electron chi connectivity index (χ0n) is 18.0. The minimum atomic E-state index is -0.174. The lowest BCUT2D eigenvalue weighted by molar-refractivity contribution is -0.151. The Balaban J connectivity index is 1.57. The summed E-state index contributed by atoms with van der Waals surface area (Å²) in [6, 6.07) is 9.72. The Hall–Kier alpha value is -1.95. The standard InChI is InChI=1S/C24H34N2O3S/c1-2-3-15-30-16-9-14-25-23(27)18-26-20-12-7-8-13-21(20)29-22(24(26)28)17-19-10-5-4-6-11-19/h4-6,10-11,17,20-21H,2-3,7-9,12-16,18H2,1H3,(H,25,27)/b22-17+. The van der Waals surface area contributed by atoms with Crippen LogP contribution in [0.15, 0.2) is 36.1 Å². The normalized spacial score (nSPS) is 22.5. The second-order valence-electron chi connectivity index (χ2n) is 8.03. The molecule has 2 atom stereocenters. The summed E-state index contributed by atoms with van der Waals surface area (Å²) < 4.78 is 6.10. The molecule has 1 aromatic carbocycles. The van der Waals surface area contributed by atoms with Crippen molar-refractivity contribution in [2.75, 3.05) is 24.6 Å². The van der Waals surface area contributed by atoms with E-state index in [9.17, 15) is 9.59 Å². The lowest BCUT2D eigenvalue weighted by Crippen LogP contribution is -2.57. The average Bonchev–Trinajstić information content (AvgIpc) is 2.76. The fraction of sp³-hybridized carbons (Fsp3) is 0.583. The van der Waals surface area contributed by atoms with E-state index in [0.29, 0.717) is 12.3 Å². The summed E-state index contributed by atoms with van der Waals surface area (Å²) in [7, 11) is 0. The molecule has 1 heterocycles. The van der Waals surface area contributed by atoms with E-state index in [1.54, 1.807) is 11.0 Å². The molecule has 0 spiro atoms. The van der Waals surface area contributed by atoms with Crippen molar-refractivity contribution in [2.24, 2.45) is 0 Å². The van der Waals surface area contributed by atoms with Gasteiger partial charge in [0.15, 0.2) is 5.76 Å². The SMILES string of the molecule is CCCCSCCCNC(=O)CN1C(=O)/C(=C\c2ccccc2)OC2CCCCC21. The Morgan fingerprint density at radius 1 is 1.20 bits per heavy atom. The highest BCUT2D eigenvalue weighted by atomic mass is 32.2. The number of amides is 2. The first-order valence-corrected chi connectivity index (χ1v) is 12.4. The number of ether oxygens (including phenoxy) is 1. The predicted molar refractivity (Wildman–Crippen MR) is 123 cm³/mol. The second-order valence-corrected chi connectivity index (χ2v) is 9.25. The van der Waals surface area contributed by atoms with Crippen LogP contribution in [0.2, 0.25) is 0 Å². The number of carbonyl (C=O) groups is 2. The van der Waals surface area contributed by atoms with E-state index in [4.69, 9.17) is 4.74 Å². The van der Waals surface area contributed by atoms with Crippen LogP contribution in [0.3, 0.4) is 0 Å². The summed E-state index contributed by atoms with van der Waals surface area (Å²) in [6.07, 6.45) is 9.21. The predicted octanol–water partition coefficient (Wildman–Crippen LogP) is 4.24. The Morgan fingerprint density at radius 3 is 2.77 bits per heavy atom. The van der Waals surface area contributed by atoms with Gasteiger partial charge in [-0.3, -0.25) is 9.59 Å². The summed E-state index contributed by atoms with van der Waals surface area (Å²) in [5.74, 6) is 2.35. The van der Waals surface area contributed by atoms with Gasteiger partial charge in [-0.2, -0.15) is 11.8 Å². The molecule has 0 bridgehead atoms. The first-order chi connectivity index (χ1) is 14.7. The highest BCUT2D eigenvalue weighted by Crippen LogP contribution is 2.33. The van der Waals surface area contributed by atoms with Gasteiger partial charge in [0.2, 0.25) is 5.91 Å². The monoisotopic (exact) mass is 430 g/mol. The van der Waals surface area contributed by atoms with Crippen LogP contribution in [0.1, 0.15) is 57.4 Å². The lowest BCUT2D eigenvalue weighted by atomic mass is 9.89. The summed E-state index contributed by atoms with van der Waals surface area (Å²) in [6.45, 7) is 2.97. The Labute approximate surface area is 184 Å². The topological polar surface area (TPSA) is 58.6 Å². The van der Waals surface area contributed by atoms with E-state index in [1.165, 1.54) is 18.6 Å². The molecular weight excluding hydrogens is 396 g/mol. The Morgan fingerprint density at radius 2 is 1.97 bits per heavy atom. The molecule has 5 nitrogen and oxygen atoms in total. The summed E-state index contributed by atoms with van der Waals surface area (Å²) in [4.78, 5) is 27.4. The molecule has 164 valence electrons.